The molecule has 0 spiro atoms. The van der Waals surface area contributed by atoms with Crippen molar-refractivity contribution in [3.8, 4) is 11.4 Å². The van der Waals surface area contributed by atoms with Gasteiger partial charge in [0.25, 0.3) is 0 Å². The van der Waals surface area contributed by atoms with E-state index in [0.717, 1.165) is 5.69 Å². The maximum atomic E-state index is 11.9. The minimum atomic E-state index is -0.412. The molecule has 1 N–H and O–H groups in total. The van der Waals surface area contributed by atoms with E-state index in [4.69, 9.17) is 21.7 Å². The Balaban J connectivity index is 2.59. The number of para-hydroxylation sites is 2. The summed E-state index contributed by atoms with van der Waals surface area (Å²) in [7, 11) is 1.59. The molecule has 2 aromatic rings. The molecule has 0 radical (unpaired) electrons. The Morgan fingerprint density at radius 2 is 2.10 bits per heavy atom. The highest BCUT2D eigenvalue weighted by Crippen LogP contribution is 2.25. The van der Waals surface area contributed by atoms with Crippen LogP contribution in [-0.2, 0) is 4.74 Å². The number of methoxy groups -OCH3 is 1. The summed E-state index contributed by atoms with van der Waals surface area (Å²) in [5, 5.41) is 0. The molecule has 6 heteroatoms. The molecule has 1 aromatic carbocycles. The number of carbonyl (C=O) groups is 1. The highest BCUT2D eigenvalue weighted by atomic mass is 32.1. The van der Waals surface area contributed by atoms with Crippen LogP contribution in [0.1, 0.15) is 23.1 Å². The lowest BCUT2D eigenvalue weighted by Crippen LogP contribution is -2.08. The van der Waals surface area contributed by atoms with Crippen LogP contribution in [0.5, 0.6) is 5.75 Å². The number of nitrogens with one attached hydrogen (secondary N) is 1. The smallest absolute Gasteiger partial charge is 0.356 e. The van der Waals surface area contributed by atoms with Gasteiger partial charge in [0.2, 0.25) is 0 Å². The van der Waals surface area contributed by atoms with Crippen LogP contribution in [0.15, 0.2) is 24.3 Å². The van der Waals surface area contributed by atoms with Gasteiger partial charge in [-0.05, 0) is 38.2 Å². The van der Waals surface area contributed by atoms with E-state index >= 15 is 0 Å². The second-order valence-corrected chi connectivity index (χ2v) is 4.50. The minimum absolute atomic E-state index is 0.318. The maximum Gasteiger partial charge on any atom is 0.356 e. The van der Waals surface area contributed by atoms with E-state index in [2.05, 4.69) is 4.98 Å². The summed E-state index contributed by atoms with van der Waals surface area (Å²) in [6.45, 7) is 3.89. The number of hydrogen-bond donors (Lipinski definition) is 1. The van der Waals surface area contributed by atoms with Gasteiger partial charge < -0.3 is 14.5 Å². The number of benzene rings is 1. The molecule has 1 heterocycles. The molecule has 106 valence electrons. The van der Waals surface area contributed by atoms with Gasteiger partial charge >= 0.3 is 5.97 Å². The summed E-state index contributed by atoms with van der Waals surface area (Å²) in [6.07, 6.45) is 0. The Hall–Kier alpha value is -2.08. The van der Waals surface area contributed by atoms with Gasteiger partial charge in [0.05, 0.1) is 25.1 Å². The van der Waals surface area contributed by atoms with Crippen molar-refractivity contribution in [3.63, 3.8) is 0 Å². The Morgan fingerprint density at radius 1 is 1.40 bits per heavy atom. The standard InChI is InChI=1S/C14H16N2O3S/c1-4-19-13(17)12-9(2)16(14(20)15-12)10-7-5-6-8-11(10)18-3/h5-8H,4H2,1-3H3,(H,15,20). The van der Waals surface area contributed by atoms with Crippen LogP contribution in [0, 0.1) is 11.7 Å². The second-order valence-electron chi connectivity index (χ2n) is 4.12. The number of carbonyl (C=O) groups excluding carboxylic acids is 1. The number of aromatic amines is 1. The summed E-state index contributed by atoms with van der Waals surface area (Å²) in [4.78, 5) is 14.8. The minimum Gasteiger partial charge on any atom is -0.495 e. The highest BCUT2D eigenvalue weighted by molar-refractivity contribution is 7.71. The van der Waals surface area contributed by atoms with Crippen molar-refractivity contribution < 1.29 is 14.3 Å². The summed E-state index contributed by atoms with van der Waals surface area (Å²) in [5.41, 5.74) is 1.84. The number of aromatic nitrogens is 2. The van der Waals surface area contributed by atoms with Gasteiger partial charge in [-0.2, -0.15) is 0 Å². The third-order valence-electron chi connectivity index (χ3n) is 2.94. The molecule has 0 unspecified atom stereocenters. The van der Waals surface area contributed by atoms with Crippen molar-refractivity contribution in [2.24, 2.45) is 0 Å². The summed E-state index contributed by atoms with van der Waals surface area (Å²) in [6, 6.07) is 7.48. The van der Waals surface area contributed by atoms with Crippen molar-refractivity contribution in [1.29, 1.82) is 0 Å². The van der Waals surface area contributed by atoms with Gasteiger partial charge in [-0.3, -0.25) is 4.57 Å². The van der Waals surface area contributed by atoms with Gasteiger partial charge in [0, 0.05) is 0 Å². The number of nitrogens with zero attached hydrogens (tertiary/aromatic N) is 1. The molecular weight excluding hydrogens is 276 g/mol. The second kappa shape index (κ2) is 5.92. The monoisotopic (exact) mass is 292 g/mol. The Kier molecular flexibility index (Phi) is 4.24. The first kappa shape index (κ1) is 14.3. The first-order valence-electron chi connectivity index (χ1n) is 6.22. The van der Waals surface area contributed by atoms with Crippen molar-refractivity contribution in [2.75, 3.05) is 13.7 Å². The fourth-order valence-electron chi connectivity index (χ4n) is 2.02. The number of H-pyrrole nitrogens is 1. The van der Waals surface area contributed by atoms with E-state index in [1.807, 2.05) is 31.2 Å². The van der Waals surface area contributed by atoms with Crippen LogP contribution in [0.4, 0.5) is 0 Å². The molecule has 0 atom stereocenters. The topological polar surface area (TPSA) is 56.2 Å². The fourth-order valence-corrected chi connectivity index (χ4v) is 2.36. The molecule has 0 bridgehead atoms. The molecule has 2 rings (SSSR count). The van der Waals surface area contributed by atoms with Crippen LogP contribution < -0.4 is 4.74 Å². The average Bonchev–Trinajstić information content (AvgIpc) is 2.74. The number of esters is 1. The van der Waals surface area contributed by atoms with Crippen molar-refractivity contribution in [1.82, 2.24) is 9.55 Å². The molecule has 0 saturated carbocycles. The van der Waals surface area contributed by atoms with Gasteiger partial charge in [-0.1, -0.05) is 12.1 Å². The Bertz CT molecular complexity index is 688. The van der Waals surface area contributed by atoms with E-state index in [0.29, 0.717) is 28.5 Å². The number of hydrogen-bond acceptors (Lipinski definition) is 4. The lowest BCUT2D eigenvalue weighted by molar-refractivity contribution is 0.0519. The van der Waals surface area contributed by atoms with E-state index in [-0.39, 0.29) is 0 Å². The van der Waals surface area contributed by atoms with E-state index in [9.17, 15) is 4.79 Å². The first-order chi connectivity index (χ1) is 9.60. The van der Waals surface area contributed by atoms with Gasteiger partial charge in [-0.15, -0.1) is 0 Å². The third-order valence-corrected chi connectivity index (χ3v) is 3.22. The molecular formula is C14H16N2O3S. The lowest BCUT2D eigenvalue weighted by atomic mass is 10.2. The summed E-state index contributed by atoms with van der Waals surface area (Å²) >= 11 is 5.30. The predicted molar refractivity (Wildman–Crippen MR) is 78.2 cm³/mol. The third kappa shape index (κ3) is 2.46. The number of imidazole rings is 1. The number of rotatable bonds is 4. The Labute approximate surface area is 122 Å². The quantitative estimate of drug-likeness (QED) is 0.695. The zero-order chi connectivity index (χ0) is 14.7. The van der Waals surface area contributed by atoms with E-state index in [1.54, 1.807) is 18.6 Å². The highest BCUT2D eigenvalue weighted by Gasteiger charge is 2.18. The lowest BCUT2D eigenvalue weighted by Gasteiger charge is -2.10. The van der Waals surface area contributed by atoms with Crippen LogP contribution in [0.3, 0.4) is 0 Å². The van der Waals surface area contributed by atoms with Crippen LogP contribution in [0.25, 0.3) is 5.69 Å². The molecule has 0 aliphatic rings. The SMILES string of the molecule is CCOC(=O)c1[nH]c(=S)n(-c2ccccc2OC)c1C. The molecule has 0 saturated heterocycles. The van der Waals surface area contributed by atoms with Crippen molar-refractivity contribution in [3.05, 3.63) is 40.4 Å². The van der Waals surface area contributed by atoms with Gasteiger partial charge in [-0.25, -0.2) is 4.79 Å². The summed E-state index contributed by atoms with van der Waals surface area (Å²) in [5.74, 6) is 0.269. The van der Waals surface area contributed by atoms with E-state index in [1.165, 1.54) is 0 Å². The fraction of sp³-hybridized carbons (Fsp3) is 0.286. The zero-order valence-corrected chi connectivity index (χ0v) is 12.4. The molecule has 0 aliphatic heterocycles. The maximum absolute atomic E-state index is 11.9. The van der Waals surface area contributed by atoms with Crippen molar-refractivity contribution in [2.45, 2.75) is 13.8 Å². The molecule has 0 aliphatic carbocycles. The predicted octanol–water partition coefficient (Wildman–Crippen LogP) is 3.03. The average molecular weight is 292 g/mol. The number of ether oxygens (including phenoxy) is 2. The summed E-state index contributed by atoms with van der Waals surface area (Å²) < 4.78 is 12.5. The molecule has 20 heavy (non-hydrogen) atoms. The molecule has 1 aromatic heterocycles. The normalized spacial score (nSPS) is 10.3. The Morgan fingerprint density at radius 3 is 2.75 bits per heavy atom. The van der Waals surface area contributed by atoms with Gasteiger partial charge in [0.1, 0.15) is 11.4 Å². The molecule has 0 amide bonds. The zero-order valence-electron chi connectivity index (χ0n) is 11.6. The van der Waals surface area contributed by atoms with Crippen molar-refractivity contribution >= 4 is 18.2 Å². The van der Waals surface area contributed by atoms with Crippen LogP contribution in [0.2, 0.25) is 0 Å². The molecule has 5 nitrogen and oxygen atoms in total. The molecule has 0 fully saturated rings. The van der Waals surface area contributed by atoms with Crippen LogP contribution >= 0.6 is 12.2 Å². The van der Waals surface area contributed by atoms with Gasteiger partial charge in [0.15, 0.2) is 4.77 Å². The van der Waals surface area contributed by atoms with E-state index < -0.39 is 5.97 Å². The van der Waals surface area contributed by atoms with Crippen LogP contribution in [-0.4, -0.2) is 29.2 Å². The first-order valence-corrected chi connectivity index (χ1v) is 6.63. The largest absolute Gasteiger partial charge is 0.495 e.